The first kappa shape index (κ1) is 36.4. The molecule has 0 saturated carbocycles. The van der Waals surface area contributed by atoms with Crippen molar-refractivity contribution in [2.45, 2.75) is 0 Å². The number of hydrogen-bond acceptors (Lipinski definition) is 11. The molecular weight excluding hydrogens is 580 g/mol. The second-order valence-corrected chi connectivity index (χ2v) is 12.2. The number of hydrogen-bond donors (Lipinski definition) is 0. The zero-order valence-electron chi connectivity index (χ0n) is 23.6. The molecule has 2 aromatic carbocycles. The van der Waals surface area contributed by atoms with Gasteiger partial charge in [-0.25, -0.2) is 16.8 Å². The minimum atomic E-state index is -4.41. The van der Waals surface area contributed by atoms with Crippen LogP contribution in [0.15, 0.2) is 48.5 Å². The lowest BCUT2D eigenvalue weighted by Gasteiger charge is -2.37. The molecule has 0 aromatic heterocycles. The SMILES string of the molecule is COS(=O)(=O)[O-].CS(=O)(=O)[O-].C[N+]1(c2ccc(C=O)cc2)CCOCC1.C[N+]1(c2ccc(C=O)cc2)CCOCC1. The molecule has 0 bridgehead atoms. The molecule has 230 valence electrons. The molecule has 0 spiro atoms. The van der Waals surface area contributed by atoms with E-state index in [9.17, 15) is 22.6 Å². The van der Waals surface area contributed by atoms with Gasteiger partial charge in [0.25, 0.3) is 0 Å². The number of aldehydes is 2. The summed E-state index contributed by atoms with van der Waals surface area (Å²) in [5.74, 6) is 0. The number of quaternary nitrogens is 2. The van der Waals surface area contributed by atoms with E-state index in [-0.39, 0.29) is 0 Å². The molecule has 13 nitrogen and oxygen atoms in total. The fourth-order valence-corrected chi connectivity index (χ4v) is 3.83. The summed E-state index contributed by atoms with van der Waals surface area (Å²) in [7, 11) is -3.11. The van der Waals surface area contributed by atoms with Gasteiger partial charge in [-0.05, 0) is 48.5 Å². The first-order valence-electron chi connectivity index (χ1n) is 12.4. The number of nitrogens with zero attached hydrogens (tertiary/aromatic N) is 2. The first-order chi connectivity index (χ1) is 19.0. The average molecular weight is 619 g/mol. The zero-order valence-corrected chi connectivity index (χ0v) is 25.3. The summed E-state index contributed by atoms with van der Waals surface area (Å²) in [5, 5.41) is 0. The molecule has 0 atom stereocenters. The van der Waals surface area contributed by atoms with Crippen LogP contribution in [0, 0.1) is 0 Å². The molecule has 0 amide bonds. The minimum Gasteiger partial charge on any atom is -0.748 e. The minimum absolute atomic E-state index is 0.604. The number of ether oxygens (including phenoxy) is 2. The molecule has 0 unspecified atom stereocenters. The van der Waals surface area contributed by atoms with Gasteiger partial charge < -0.3 is 18.6 Å². The van der Waals surface area contributed by atoms with Crippen LogP contribution >= 0.6 is 0 Å². The number of carbonyl (C=O) groups is 2. The van der Waals surface area contributed by atoms with Crippen LogP contribution in [0.5, 0.6) is 0 Å². The standard InChI is InChI=1S/2C12H16NO2.CH4O4S.CH4O3S/c2*1-13(6-8-15-9-7-13)12-4-2-11(10-14)3-5-12;1-5-6(2,3)4;1-5(2,3)4/h2*2-5,10H,6-9H2,1H3;1H3,(H,2,3,4);1H3,(H,2,3,4)/q2*+1;;/p-2. The Morgan fingerprint density at radius 2 is 0.927 bits per heavy atom. The van der Waals surface area contributed by atoms with Gasteiger partial charge in [0.1, 0.15) is 50.1 Å². The highest BCUT2D eigenvalue weighted by atomic mass is 32.3. The quantitative estimate of drug-likeness (QED) is 0.204. The Labute approximate surface area is 242 Å². The van der Waals surface area contributed by atoms with Gasteiger partial charge in [0, 0.05) is 17.4 Å². The fraction of sp³-hybridized carbons (Fsp3) is 0.462. The lowest BCUT2D eigenvalue weighted by molar-refractivity contribution is 0.0525. The molecule has 2 aliphatic heterocycles. The van der Waals surface area contributed by atoms with Crippen LogP contribution in [0.1, 0.15) is 20.7 Å². The molecule has 0 aliphatic carbocycles. The maximum Gasteiger partial charge on any atom is 0.217 e. The second kappa shape index (κ2) is 16.7. The summed E-state index contributed by atoms with van der Waals surface area (Å²) >= 11 is 0. The second-order valence-electron chi connectivity index (χ2n) is 9.61. The molecule has 2 fully saturated rings. The van der Waals surface area contributed by atoms with Crippen LogP contribution in [0.4, 0.5) is 11.4 Å². The van der Waals surface area contributed by atoms with E-state index in [1.165, 1.54) is 11.4 Å². The highest BCUT2D eigenvalue weighted by molar-refractivity contribution is 7.84. The summed E-state index contributed by atoms with van der Waals surface area (Å²) < 4.78 is 70.8. The van der Waals surface area contributed by atoms with Gasteiger partial charge in [-0.15, -0.1) is 0 Å². The van der Waals surface area contributed by atoms with E-state index in [0.717, 1.165) is 92.4 Å². The van der Waals surface area contributed by atoms with Crippen molar-refractivity contribution < 1.29 is 49.2 Å². The maximum absolute atomic E-state index is 10.5. The number of rotatable bonds is 5. The molecular formula is C26H38N2O11S2. The Bertz CT molecular complexity index is 1210. The van der Waals surface area contributed by atoms with Gasteiger partial charge in [-0.2, -0.15) is 0 Å². The molecule has 2 heterocycles. The maximum atomic E-state index is 10.5. The summed E-state index contributed by atoms with van der Waals surface area (Å²) in [6.45, 7) is 7.25. The third kappa shape index (κ3) is 14.7. The van der Waals surface area contributed by atoms with Crippen molar-refractivity contribution >= 4 is 44.5 Å². The smallest absolute Gasteiger partial charge is 0.217 e. The van der Waals surface area contributed by atoms with Crippen LogP contribution in [0.3, 0.4) is 0 Å². The molecule has 2 aromatic rings. The molecule has 2 aliphatic rings. The summed E-state index contributed by atoms with van der Waals surface area (Å²) in [4.78, 5) is 21.1. The Morgan fingerprint density at radius 3 is 1.12 bits per heavy atom. The van der Waals surface area contributed by atoms with Gasteiger partial charge >= 0.3 is 0 Å². The Balaban J connectivity index is 0.000000304. The van der Waals surface area contributed by atoms with Crippen LogP contribution < -0.4 is 8.97 Å². The Hall–Kier alpha value is -2.60. The Morgan fingerprint density at radius 1 is 0.683 bits per heavy atom. The van der Waals surface area contributed by atoms with E-state index in [0.29, 0.717) is 6.26 Å². The molecule has 4 rings (SSSR count). The number of morpholine rings is 2. The largest absolute Gasteiger partial charge is 0.748 e. The Kier molecular flexibility index (Phi) is 14.9. The zero-order chi connectivity index (χ0) is 31.2. The van der Waals surface area contributed by atoms with Crippen molar-refractivity contribution in [2.75, 3.05) is 80.1 Å². The average Bonchev–Trinajstić information content (AvgIpc) is 2.93. The van der Waals surface area contributed by atoms with Gasteiger partial charge in [0.2, 0.25) is 10.4 Å². The fourth-order valence-electron chi connectivity index (χ4n) is 3.83. The summed E-state index contributed by atoms with van der Waals surface area (Å²) in [6.07, 6.45) is 2.36. The number of carbonyl (C=O) groups excluding carboxylic acids is 2. The lowest BCUT2D eigenvalue weighted by atomic mass is 10.2. The van der Waals surface area contributed by atoms with Gasteiger partial charge in [0.05, 0.1) is 57.8 Å². The lowest BCUT2D eigenvalue weighted by Crippen LogP contribution is -2.53. The van der Waals surface area contributed by atoms with Crippen LogP contribution in [-0.4, -0.2) is 119 Å². The number of likely N-dealkylation sites (N-methyl/N-ethyl adjacent to an activating group) is 2. The van der Waals surface area contributed by atoms with Crippen molar-refractivity contribution in [3.05, 3.63) is 59.7 Å². The van der Waals surface area contributed by atoms with E-state index in [1.807, 2.05) is 48.5 Å². The van der Waals surface area contributed by atoms with Crippen molar-refractivity contribution in [1.29, 1.82) is 0 Å². The van der Waals surface area contributed by atoms with Crippen molar-refractivity contribution in [3.8, 4) is 0 Å². The van der Waals surface area contributed by atoms with Gasteiger partial charge in [0.15, 0.2) is 0 Å². The van der Waals surface area contributed by atoms with Crippen LogP contribution in [0.2, 0.25) is 0 Å². The van der Waals surface area contributed by atoms with E-state index >= 15 is 0 Å². The van der Waals surface area contributed by atoms with E-state index in [1.54, 1.807) is 0 Å². The third-order valence-corrected chi connectivity index (χ3v) is 6.83. The number of benzene rings is 2. The third-order valence-electron chi connectivity index (χ3n) is 6.43. The normalized spacial score (nSPS) is 17.6. The van der Waals surface area contributed by atoms with E-state index < -0.39 is 20.5 Å². The van der Waals surface area contributed by atoms with Gasteiger partial charge in [-0.1, -0.05) is 0 Å². The molecule has 15 heteroatoms. The molecule has 41 heavy (non-hydrogen) atoms. The van der Waals surface area contributed by atoms with E-state index in [4.69, 9.17) is 22.4 Å². The monoisotopic (exact) mass is 618 g/mol. The van der Waals surface area contributed by atoms with E-state index in [2.05, 4.69) is 18.3 Å². The highest BCUT2D eigenvalue weighted by Gasteiger charge is 2.28. The van der Waals surface area contributed by atoms with Crippen LogP contribution in [0.25, 0.3) is 0 Å². The van der Waals surface area contributed by atoms with Crippen molar-refractivity contribution in [3.63, 3.8) is 0 Å². The molecule has 2 saturated heterocycles. The summed E-state index contributed by atoms with van der Waals surface area (Å²) in [6, 6.07) is 15.7. The first-order valence-corrected chi connectivity index (χ1v) is 15.6. The summed E-state index contributed by atoms with van der Waals surface area (Å²) in [5.41, 5.74) is 3.98. The van der Waals surface area contributed by atoms with Crippen molar-refractivity contribution in [2.24, 2.45) is 0 Å². The van der Waals surface area contributed by atoms with Crippen molar-refractivity contribution in [1.82, 2.24) is 8.97 Å². The van der Waals surface area contributed by atoms with Crippen LogP contribution in [-0.2, 0) is 34.2 Å². The predicted molar refractivity (Wildman–Crippen MR) is 153 cm³/mol. The van der Waals surface area contributed by atoms with Gasteiger partial charge in [-0.3, -0.25) is 22.7 Å². The molecule has 0 radical (unpaired) electrons. The predicted octanol–water partition coefficient (Wildman–Crippen LogP) is 1.19. The molecule has 0 N–H and O–H groups in total. The highest BCUT2D eigenvalue weighted by Crippen LogP contribution is 2.23. The topological polar surface area (TPSA) is 176 Å².